The van der Waals surface area contributed by atoms with Crippen LogP contribution in [-0.2, 0) is 0 Å². The Labute approximate surface area is 119 Å². The van der Waals surface area contributed by atoms with E-state index in [0.717, 1.165) is 42.7 Å². The molecule has 6 heteroatoms. The van der Waals surface area contributed by atoms with Crippen molar-refractivity contribution in [3.63, 3.8) is 0 Å². The maximum Gasteiger partial charge on any atom is 0.205 e. The van der Waals surface area contributed by atoms with Gasteiger partial charge in [0.05, 0.1) is 0 Å². The standard InChI is InChI=1S/C13H24N4OS/c1-10(2)12-15-16-13(19-12)14-5-7-17-6-3-4-11(8-17)9-18/h10-11,18H,3-9H2,1-2H3,(H,14,16)/t11-/m0/s1. The molecule has 1 aromatic rings. The van der Waals surface area contributed by atoms with Gasteiger partial charge in [-0.15, -0.1) is 10.2 Å². The summed E-state index contributed by atoms with van der Waals surface area (Å²) in [6.45, 7) is 8.65. The van der Waals surface area contributed by atoms with Gasteiger partial charge in [0.2, 0.25) is 5.13 Å². The van der Waals surface area contributed by atoms with Crippen LogP contribution < -0.4 is 5.32 Å². The van der Waals surface area contributed by atoms with E-state index in [1.165, 1.54) is 6.42 Å². The molecule has 0 saturated carbocycles. The Morgan fingerprint density at radius 2 is 2.32 bits per heavy atom. The number of nitrogens with zero attached hydrogens (tertiary/aromatic N) is 3. The van der Waals surface area contributed by atoms with Crippen molar-refractivity contribution >= 4 is 16.5 Å². The van der Waals surface area contributed by atoms with E-state index in [0.29, 0.717) is 18.4 Å². The maximum atomic E-state index is 9.21. The molecule has 1 aliphatic rings. The molecule has 0 bridgehead atoms. The summed E-state index contributed by atoms with van der Waals surface area (Å²) in [6, 6.07) is 0. The van der Waals surface area contributed by atoms with Gasteiger partial charge in [-0.25, -0.2) is 0 Å². The number of aliphatic hydroxyl groups is 1. The number of rotatable bonds is 6. The normalized spacial score (nSPS) is 20.9. The largest absolute Gasteiger partial charge is 0.396 e. The summed E-state index contributed by atoms with van der Waals surface area (Å²) in [5.74, 6) is 0.906. The number of aromatic nitrogens is 2. The fourth-order valence-electron chi connectivity index (χ4n) is 2.36. The van der Waals surface area contributed by atoms with Gasteiger partial charge in [-0.3, -0.25) is 0 Å². The number of nitrogens with one attached hydrogen (secondary N) is 1. The van der Waals surface area contributed by atoms with Crippen LogP contribution in [-0.4, -0.2) is 53.0 Å². The number of hydrogen-bond donors (Lipinski definition) is 2. The summed E-state index contributed by atoms with van der Waals surface area (Å²) >= 11 is 1.64. The first kappa shape index (κ1) is 14.7. The first-order chi connectivity index (χ1) is 9.19. The lowest BCUT2D eigenvalue weighted by atomic mass is 9.99. The third kappa shape index (κ3) is 4.40. The van der Waals surface area contributed by atoms with E-state index < -0.39 is 0 Å². The molecule has 0 unspecified atom stereocenters. The molecule has 0 aliphatic carbocycles. The molecular formula is C13H24N4OS. The molecule has 1 atom stereocenters. The van der Waals surface area contributed by atoms with Crippen LogP contribution in [0.5, 0.6) is 0 Å². The monoisotopic (exact) mass is 284 g/mol. The molecule has 0 spiro atoms. The van der Waals surface area contributed by atoms with Gasteiger partial charge in [-0.2, -0.15) is 0 Å². The Morgan fingerprint density at radius 3 is 3.00 bits per heavy atom. The van der Waals surface area contributed by atoms with Crippen LogP contribution in [0.25, 0.3) is 0 Å². The van der Waals surface area contributed by atoms with Gasteiger partial charge in [0.15, 0.2) is 0 Å². The Kier molecular flexibility index (Phi) is 5.54. The second-order valence-electron chi connectivity index (χ2n) is 5.52. The highest BCUT2D eigenvalue weighted by atomic mass is 32.1. The molecule has 1 aliphatic heterocycles. The molecule has 0 amide bonds. The second-order valence-corrected chi connectivity index (χ2v) is 6.53. The molecular weight excluding hydrogens is 260 g/mol. The van der Waals surface area contributed by atoms with Gasteiger partial charge < -0.3 is 15.3 Å². The Balaban J connectivity index is 1.70. The van der Waals surface area contributed by atoms with Crippen molar-refractivity contribution in [2.24, 2.45) is 5.92 Å². The van der Waals surface area contributed by atoms with Crippen molar-refractivity contribution < 1.29 is 5.11 Å². The Morgan fingerprint density at radius 1 is 1.47 bits per heavy atom. The fraction of sp³-hybridized carbons (Fsp3) is 0.846. The third-order valence-electron chi connectivity index (χ3n) is 3.50. The molecule has 0 radical (unpaired) electrons. The van der Waals surface area contributed by atoms with Gasteiger partial charge in [0.25, 0.3) is 0 Å². The first-order valence-corrected chi connectivity index (χ1v) is 7.91. The Bertz CT molecular complexity index is 382. The molecule has 1 aromatic heterocycles. The van der Waals surface area contributed by atoms with Crippen LogP contribution in [0.3, 0.4) is 0 Å². The molecule has 0 aromatic carbocycles. The maximum absolute atomic E-state index is 9.21. The van der Waals surface area contributed by atoms with E-state index in [1.807, 2.05) is 0 Å². The Hall–Kier alpha value is -0.720. The highest BCUT2D eigenvalue weighted by molar-refractivity contribution is 7.15. The van der Waals surface area contributed by atoms with Gasteiger partial charge in [0, 0.05) is 32.2 Å². The molecule has 2 rings (SSSR count). The topological polar surface area (TPSA) is 61.3 Å². The average Bonchev–Trinajstić information content (AvgIpc) is 2.88. The number of likely N-dealkylation sites (tertiary alicyclic amines) is 1. The van der Waals surface area contributed by atoms with E-state index in [-0.39, 0.29) is 0 Å². The van der Waals surface area contributed by atoms with Crippen LogP contribution in [0.2, 0.25) is 0 Å². The minimum absolute atomic E-state index is 0.318. The smallest absolute Gasteiger partial charge is 0.205 e. The molecule has 5 nitrogen and oxygen atoms in total. The van der Waals surface area contributed by atoms with E-state index in [4.69, 9.17) is 0 Å². The van der Waals surface area contributed by atoms with Crippen molar-refractivity contribution in [2.75, 3.05) is 38.1 Å². The molecule has 2 heterocycles. The van der Waals surface area contributed by atoms with Crippen molar-refractivity contribution in [3.8, 4) is 0 Å². The van der Waals surface area contributed by atoms with E-state index in [1.54, 1.807) is 11.3 Å². The zero-order valence-corrected chi connectivity index (χ0v) is 12.6. The van der Waals surface area contributed by atoms with Crippen LogP contribution in [0.15, 0.2) is 0 Å². The lowest BCUT2D eigenvalue weighted by Gasteiger charge is -2.31. The summed E-state index contributed by atoms with van der Waals surface area (Å²) in [7, 11) is 0. The lowest BCUT2D eigenvalue weighted by molar-refractivity contribution is 0.123. The second kappa shape index (κ2) is 7.17. The third-order valence-corrected chi connectivity index (χ3v) is 4.68. The van der Waals surface area contributed by atoms with Crippen molar-refractivity contribution in [2.45, 2.75) is 32.6 Å². The van der Waals surface area contributed by atoms with Gasteiger partial charge in [-0.05, 0) is 25.3 Å². The SMILES string of the molecule is CC(C)c1nnc(NCCN2CCC[C@H](CO)C2)s1. The summed E-state index contributed by atoms with van der Waals surface area (Å²) in [6.07, 6.45) is 2.36. The zero-order chi connectivity index (χ0) is 13.7. The predicted octanol–water partition coefficient (Wildman–Crippen LogP) is 1.78. The van der Waals surface area contributed by atoms with Crippen LogP contribution in [0, 0.1) is 5.92 Å². The minimum atomic E-state index is 0.318. The molecule has 1 fully saturated rings. The quantitative estimate of drug-likeness (QED) is 0.834. The highest BCUT2D eigenvalue weighted by Crippen LogP contribution is 2.22. The molecule has 2 N–H and O–H groups in total. The molecule has 108 valence electrons. The van der Waals surface area contributed by atoms with Crippen LogP contribution >= 0.6 is 11.3 Å². The van der Waals surface area contributed by atoms with Gasteiger partial charge >= 0.3 is 0 Å². The highest BCUT2D eigenvalue weighted by Gasteiger charge is 2.18. The molecule has 1 saturated heterocycles. The van der Waals surface area contributed by atoms with Crippen LogP contribution in [0.4, 0.5) is 5.13 Å². The average molecular weight is 284 g/mol. The van der Waals surface area contributed by atoms with Crippen molar-refractivity contribution in [1.29, 1.82) is 0 Å². The first-order valence-electron chi connectivity index (χ1n) is 7.09. The minimum Gasteiger partial charge on any atom is -0.396 e. The fourth-order valence-corrected chi connectivity index (χ4v) is 3.14. The number of aliphatic hydroxyl groups excluding tert-OH is 1. The molecule has 19 heavy (non-hydrogen) atoms. The number of piperidine rings is 1. The number of hydrogen-bond acceptors (Lipinski definition) is 6. The summed E-state index contributed by atoms with van der Waals surface area (Å²) < 4.78 is 0. The summed E-state index contributed by atoms with van der Waals surface area (Å²) in [5, 5.41) is 22.9. The summed E-state index contributed by atoms with van der Waals surface area (Å²) in [5.41, 5.74) is 0. The van der Waals surface area contributed by atoms with Crippen LogP contribution in [0.1, 0.15) is 37.6 Å². The van der Waals surface area contributed by atoms with Gasteiger partial charge in [0.1, 0.15) is 5.01 Å². The van der Waals surface area contributed by atoms with E-state index >= 15 is 0 Å². The predicted molar refractivity (Wildman–Crippen MR) is 78.7 cm³/mol. The van der Waals surface area contributed by atoms with Crippen molar-refractivity contribution in [3.05, 3.63) is 5.01 Å². The van der Waals surface area contributed by atoms with Crippen molar-refractivity contribution in [1.82, 2.24) is 15.1 Å². The van der Waals surface area contributed by atoms with E-state index in [9.17, 15) is 5.11 Å². The summed E-state index contributed by atoms with van der Waals surface area (Å²) in [4.78, 5) is 2.42. The van der Waals surface area contributed by atoms with E-state index in [2.05, 4.69) is 34.3 Å². The number of anilines is 1. The lowest BCUT2D eigenvalue weighted by Crippen LogP contribution is -2.39. The zero-order valence-electron chi connectivity index (χ0n) is 11.8. The van der Waals surface area contributed by atoms with Gasteiger partial charge in [-0.1, -0.05) is 25.2 Å².